The summed E-state index contributed by atoms with van der Waals surface area (Å²) in [6.45, 7) is 5.47. The Morgan fingerprint density at radius 1 is 1.00 bits per heavy atom. The van der Waals surface area contributed by atoms with Gasteiger partial charge in [0.25, 0.3) is 0 Å². The van der Waals surface area contributed by atoms with Crippen LogP contribution in [0.4, 0.5) is 5.13 Å². The van der Waals surface area contributed by atoms with Crippen molar-refractivity contribution in [1.29, 1.82) is 0 Å². The molecule has 1 aromatic heterocycles. The van der Waals surface area contributed by atoms with Gasteiger partial charge in [0.05, 0.1) is 18.5 Å². The third kappa shape index (κ3) is 3.92. The Hall–Kier alpha value is -1.89. The fourth-order valence-corrected chi connectivity index (χ4v) is 5.36. The lowest BCUT2D eigenvalue weighted by molar-refractivity contribution is 0.122. The summed E-state index contributed by atoms with van der Waals surface area (Å²) in [6, 6.07) is 19.2. The first kappa shape index (κ1) is 17.5. The van der Waals surface area contributed by atoms with Crippen LogP contribution in [0, 0.1) is 6.92 Å². The van der Waals surface area contributed by atoms with Crippen LogP contribution in [-0.4, -0.2) is 36.5 Å². The average Bonchev–Trinajstić information content (AvgIpc) is 3.17. The molecule has 0 bridgehead atoms. The molecule has 1 atom stereocenters. The van der Waals surface area contributed by atoms with E-state index in [1.807, 2.05) is 0 Å². The Morgan fingerprint density at radius 2 is 1.73 bits per heavy atom. The van der Waals surface area contributed by atoms with Crippen LogP contribution in [0.3, 0.4) is 0 Å². The summed E-state index contributed by atoms with van der Waals surface area (Å²) in [6.07, 6.45) is 0. The molecule has 26 heavy (non-hydrogen) atoms. The summed E-state index contributed by atoms with van der Waals surface area (Å²) in [5.74, 6) is 0. The molecule has 0 radical (unpaired) electrons. The molecule has 3 aromatic rings. The predicted octanol–water partition coefficient (Wildman–Crippen LogP) is 4.56. The minimum absolute atomic E-state index is 0.211. The van der Waals surface area contributed by atoms with E-state index in [1.165, 1.54) is 16.7 Å². The number of hydrogen-bond acceptors (Lipinski definition) is 6. The summed E-state index contributed by atoms with van der Waals surface area (Å²) in [4.78, 5) is 2.26. The van der Waals surface area contributed by atoms with Gasteiger partial charge in [-0.25, -0.2) is 0 Å². The van der Waals surface area contributed by atoms with E-state index in [-0.39, 0.29) is 5.25 Å². The quantitative estimate of drug-likeness (QED) is 0.604. The first-order valence-electron chi connectivity index (χ1n) is 8.74. The standard InChI is InChI=1S/C20H21N3OS2/c1-15-7-5-6-10-17(15)18(16-8-3-2-4-9-16)25-20-22-21-19(26-20)23-11-13-24-14-12-23/h2-10,18H,11-14H2,1H3. The Balaban J connectivity index is 1.61. The van der Waals surface area contributed by atoms with Gasteiger partial charge in [-0.3, -0.25) is 0 Å². The summed E-state index contributed by atoms with van der Waals surface area (Å²) in [5.41, 5.74) is 3.91. The first-order chi connectivity index (χ1) is 12.8. The molecule has 4 rings (SSSR count). The van der Waals surface area contributed by atoms with E-state index < -0.39 is 0 Å². The molecule has 134 valence electrons. The maximum atomic E-state index is 5.43. The average molecular weight is 384 g/mol. The number of ether oxygens (including phenoxy) is 1. The zero-order chi connectivity index (χ0) is 17.8. The molecule has 1 saturated heterocycles. The van der Waals surface area contributed by atoms with Gasteiger partial charge in [0.1, 0.15) is 0 Å². The van der Waals surface area contributed by atoms with E-state index in [0.717, 1.165) is 35.8 Å². The van der Waals surface area contributed by atoms with Gasteiger partial charge in [-0.2, -0.15) is 0 Å². The maximum absolute atomic E-state index is 5.43. The molecule has 4 nitrogen and oxygen atoms in total. The fourth-order valence-electron chi connectivity index (χ4n) is 3.05. The lowest BCUT2D eigenvalue weighted by Crippen LogP contribution is -2.36. The molecule has 0 amide bonds. The van der Waals surface area contributed by atoms with Crippen molar-refractivity contribution in [3.05, 3.63) is 71.3 Å². The number of rotatable bonds is 5. The summed E-state index contributed by atoms with van der Waals surface area (Å²) >= 11 is 3.45. The third-order valence-corrected chi connectivity index (χ3v) is 6.83. The monoisotopic (exact) mass is 383 g/mol. The number of morpholine rings is 1. The highest BCUT2D eigenvalue weighted by molar-refractivity contribution is 8.01. The SMILES string of the molecule is Cc1ccccc1C(Sc1nnc(N2CCOCC2)s1)c1ccccc1. The van der Waals surface area contributed by atoms with E-state index in [1.54, 1.807) is 23.1 Å². The lowest BCUT2D eigenvalue weighted by Gasteiger charge is -2.25. The summed E-state index contributed by atoms with van der Waals surface area (Å²) in [7, 11) is 0. The summed E-state index contributed by atoms with van der Waals surface area (Å²) in [5, 5.41) is 10.1. The molecule has 2 aromatic carbocycles. The van der Waals surface area contributed by atoms with E-state index >= 15 is 0 Å². The van der Waals surface area contributed by atoms with Crippen molar-refractivity contribution in [3.63, 3.8) is 0 Å². The highest BCUT2D eigenvalue weighted by atomic mass is 32.2. The Morgan fingerprint density at radius 3 is 2.50 bits per heavy atom. The number of aromatic nitrogens is 2. The van der Waals surface area contributed by atoms with Crippen LogP contribution < -0.4 is 4.90 Å². The number of anilines is 1. The van der Waals surface area contributed by atoms with Crippen molar-refractivity contribution in [1.82, 2.24) is 10.2 Å². The smallest absolute Gasteiger partial charge is 0.209 e. The van der Waals surface area contributed by atoms with Crippen molar-refractivity contribution in [3.8, 4) is 0 Å². The number of aryl methyl sites for hydroxylation is 1. The van der Waals surface area contributed by atoms with Crippen LogP contribution in [0.5, 0.6) is 0 Å². The fraction of sp³-hybridized carbons (Fsp3) is 0.300. The number of hydrogen-bond donors (Lipinski definition) is 0. The second-order valence-electron chi connectivity index (χ2n) is 6.22. The zero-order valence-corrected chi connectivity index (χ0v) is 16.3. The Bertz CT molecular complexity index is 847. The van der Waals surface area contributed by atoms with Gasteiger partial charge in [0.15, 0.2) is 4.34 Å². The van der Waals surface area contributed by atoms with Gasteiger partial charge in [0, 0.05) is 13.1 Å². The molecule has 1 aliphatic heterocycles. The van der Waals surface area contributed by atoms with Crippen LogP contribution in [-0.2, 0) is 4.74 Å². The molecular formula is C20H21N3OS2. The molecule has 2 heterocycles. The van der Waals surface area contributed by atoms with Gasteiger partial charge in [-0.15, -0.1) is 10.2 Å². The van der Waals surface area contributed by atoms with Gasteiger partial charge in [-0.05, 0) is 23.6 Å². The number of benzene rings is 2. The minimum atomic E-state index is 0.211. The van der Waals surface area contributed by atoms with Crippen molar-refractivity contribution in [2.45, 2.75) is 16.5 Å². The molecule has 6 heteroatoms. The van der Waals surface area contributed by atoms with E-state index in [9.17, 15) is 0 Å². The van der Waals surface area contributed by atoms with Crippen molar-refractivity contribution < 1.29 is 4.74 Å². The van der Waals surface area contributed by atoms with E-state index in [0.29, 0.717) is 0 Å². The van der Waals surface area contributed by atoms with Crippen LogP contribution in [0.2, 0.25) is 0 Å². The largest absolute Gasteiger partial charge is 0.378 e. The second kappa shape index (κ2) is 8.20. The van der Waals surface area contributed by atoms with E-state index in [4.69, 9.17) is 4.74 Å². The Kier molecular flexibility index (Phi) is 5.53. The molecule has 1 unspecified atom stereocenters. The predicted molar refractivity (Wildman–Crippen MR) is 108 cm³/mol. The minimum Gasteiger partial charge on any atom is -0.378 e. The van der Waals surface area contributed by atoms with Gasteiger partial charge in [-0.1, -0.05) is 77.7 Å². The first-order valence-corrected chi connectivity index (χ1v) is 10.4. The highest BCUT2D eigenvalue weighted by Crippen LogP contribution is 2.43. The molecule has 0 spiro atoms. The molecular weight excluding hydrogens is 362 g/mol. The van der Waals surface area contributed by atoms with Crippen molar-refractivity contribution in [2.24, 2.45) is 0 Å². The number of nitrogens with zero attached hydrogens (tertiary/aromatic N) is 3. The number of thioether (sulfide) groups is 1. The van der Waals surface area contributed by atoms with Crippen LogP contribution in [0.25, 0.3) is 0 Å². The highest BCUT2D eigenvalue weighted by Gasteiger charge is 2.21. The zero-order valence-electron chi connectivity index (χ0n) is 14.7. The summed E-state index contributed by atoms with van der Waals surface area (Å²) < 4.78 is 6.43. The van der Waals surface area contributed by atoms with Gasteiger partial charge in [0.2, 0.25) is 5.13 Å². The van der Waals surface area contributed by atoms with E-state index in [2.05, 4.69) is 76.6 Å². The normalized spacial score (nSPS) is 15.8. The lowest BCUT2D eigenvalue weighted by atomic mass is 10.0. The van der Waals surface area contributed by atoms with Crippen molar-refractivity contribution in [2.75, 3.05) is 31.2 Å². The van der Waals surface area contributed by atoms with Gasteiger partial charge >= 0.3 is 0 Å². The molecule has 0 saturated carbocycles. The van der Waals surface area contributed by atoms with Crippen LogP contribution in [0.15, 0.2) is 58.9 Å². The topological polar surface area (TPSA) is 38.2 Å². The second-order valence-corrected chi connectivity index (χ2v) is 8.52. The molecule has 0 aliphatic carbocycles. The molecule has 1 fully saturated rings. The molecule has 1 aliphatic rings. The Labute approximate surface area is 162 Å². The van der Waals surface area contributed by atoms with Crippen molar-refractivity contribution >= 4 is 28.2 Å². The maximum Gasteiger partial charge on any atom is 0.209 e. The van der Waals surface area contributed by atoms with Crippen LogP contribution in [0.1, 0.15) is 21.9 Å². The van der Waals surface area contributed by atoms with Crippen LogP contribution >= 0.6 is 23.1 Å². The molecule has 0 N–H and O–H groups in total. The third-order valence-electron chi connectivity index (χ3n) is 4.47. The van der Waals surface area contributed by atoms with Gasteiger partial charge < -0.3 is 9.64 Å².